The summed E-state index contributed by atoms with van der Waals surface area (Å²) in [6.07, 6.45) is 0. The summed E-state index contributed by atoms with van der Waals surface area (Å²) >= 11 is 2.17. The summed E-state index contributed by atoms with van der Waals surface area (Å²) < 4.78 is 0.979. The molecule has 2 rings (SSSR count). The third-order valence-corrected chi connectivity index (χ3v) is 4.93. The van der Waals surface area contributed by atoms with Crippen molar-refractivity contribution in [3.8, 4) is 0 Å². The van der Waals surface area contributed by atoms with Crippen LogP contribution < -0.4 is 0 Å². The summed E-state index contributed by atoms with van der Waals surface area (Å²) in [5.74, 6) is -0.0773. The number of hydrogen-bond donors (Lipinski definition) is 1. The van der Waals surface area contributed by atoms with Crippen LogP contribution in [0.1, 0.15) is 45.1 Å². The fraction of sp³-hybridized carbons (Fsp3) is 0.316. The maximum absolute atomic E-state index is 13.0. The number of rotatable bonds is 5. The summed E-state index contributed by atoms with van der Waals surface area (Å²) in [5, 5.41) is 21.2. The number of nitro groups is 1. The van der Waals surface area contributed by atoms with Gasteiger partial charge in [-0.1, -0.05) is 18.2 Å². The van der Waals surface area contributed by atoms with Gasteiger partial charge in [-0.25, -0.2) is 0 Å². The third kappa shape index (κ3) is 4.24. The third-order valence-electron chi connectivity index (χ3n) is 4.26. The molecule has 1 N–H and O–H groups in total. The second-order valence-corrected chi connectivity index (χ2v) is 7.78. The quantitative estimate of drug-likeness (QED) is 0.322. The van der Waals surface area contributed by atoms with E-state index in [0.717, 1.165) is 9.13 Å². The maximum Gasteiger partial charge on any atom is 0.236 e. The predicted molar refractivity (Wildman–Crippen MR) is 105 cm³/mol. The zero-order valence-corrected chi connectivity index (χ0v) is 16.7. The molecule has 0 heterocycles. The van der Waals surface area contributed by atoms with Crippen LogP contribution in [0.15, 0.2) is 30.3 Å². The highest BCUT2D eigenvalue weighted by Crippen LogP contribution is 2.28. The van der Waals surface area contributed by atoms with Gasteiger partial charge in [0, 0.05) is 19.6 Å². The van der Waals surface area contributed by atoms with Crippen molar-refractivity contribution in [1.29, 1.82) is 0 Å². The molecule has 2 aromatic rings. The molecule has 5 nitrogen and oxygen atoms in total. The van der Waals surface area contributed by atoms with Crippen molar-refractivity contribution in [2.45, 2.75) is 33.3 Å². The molecular weight excluding hydrogens is 433 g/mol. The van der Waals surface area contributed by atoms with Gasteiger partial charge in [0.2, 0.25) is 6.54 Å². The zero-order valence-electron chi connectivity index (χ0n) is 14.6. The van der Waals surface area contributed by atoms with Gasteiger partial charge in [0.15, 0.2) is 11.4 Å². The lowest BCUT2D eigenvalue weighted by Gasteiger charge is -2.22. The van der Waals surface area contributed by atoms with Crippen LogP contribution in [0.5, 0.6) is 0 Å². The van der Waals surface area contributed by atoms with Crippen LogP contribution in [0.3, 0.4) is 0 Å². The molecule has 6 heteroatoms. The molecule has 25 heavy (non-hydrogen) atoms. The van der Waals surface area contributed by atoms with Gasteiger partial charge in [-0.05, 0) is 84.7 Å². The van der Waals surface area contributed by atoms with Gasteiger partial charge in [-0.3, -0.25) is 14.9 Å². The first-order valence-electron chi connectivity index (χ1n) is 7.79. The van der Waals surface area contributed by atoms with E-state index in [1.165, 1.54) is 6.92 Å². The Kier molecular flexibility index (Phi) is 5.63. The molecule has 0 bridgehead atoms. The SMILES string of the molecule is Cc1ccc(I)cc1C(=O)c1c(C)cc(C(C)(O)C[N+](=O)[O-])cc1C. The number of carbonyl (C=O) groups is 1. The van der Waals surface area contributed by atoms with Crippen molar-refractivity contribution >= 4 is 28.4 Å². The lowest BCUT2D eigenvalue weighted by Crippen LogP contribution is -2.31. The number of benzene rings is 2. The van der Waals surface area contributed by atoms with Gasteiger partial charge in [-0.15, -0.1) is 0 Å². The Balaban J connectivity index is 2.52. The number of halogens is 1. The van der Waals surface area contributed by atoms with Crippen molar-refractivity contribution in [3.05, 3.63) is 77.4 Å². The molecule has 2 aromatic carbocycles. The summed E-state index contributed by atoms with van der Waals surface area (Å²) in [4.78, 5) is 23.3. The van der Waals surface area contributed by atoms with Crippen LogP contribution >= 0.6 is 22.6 Å². The van der Waals surface area contributed by atoms with Crippen molar-refractivity contribution in [2.75, 3.05) is 6.54 Å². The van der Waals surface area contributed by atoms with E-state index in [9.17, 15) is 20.0 Å². The second kappa shape index (κ2) is 7.21. The summed E-state index contributed by atoms with van der Waals surface area (Å²) in [6, 6.07) is 9.04. The Morgan fingerprint density at radius 3 is 2.24 bits per heavy atom. The zero-order chi connectivity index (χ0) is 18.9. The fourth-order valence-corrected chi connectivity index (χ4v) is 3.44. The van der Waals surface area contributed by atoms with E-state index in [2.05, 4.69) is 22.6 Å². The summed E-state index contributed by atoms with van der Waals surface area (Å²) in [6.45, 7) is 6.29. The first-order chi connectivity index (χ1) is 11.5. The largest absolute Gasteiger partial charge is 0.379 e. The minimum absolute atomic E-state index is 0.0773. The molecule has 0 saturated heterocycles. The van der Waals surface area contributed by atoms with E-state index in [4.69, 9.17) is 0 Å². The Bertz CT molecular complexity index is 835. The fourth-order valence-electron chi connectivity index (χ4n) is 2.95. The minimum atomic E-state index is -1.58. The molecule has 132 valence electrons. The molecule has 1 atom stereocenters. The smallest absolute Gasteiger partial charge is 0.236 e. The molecule has 1 unspecified atom stereocenters. The molecular formula is C19H20INO4. The van der Waals surface area contributed by atoms with Gasteiger partial charge < -0.3 is 5.11 Å². The molecule has 0 aromatic heterocycles. The van der Waals surface area contributed by atoms with Crippen LogP contribution in [-0.2, 0) is 5.60 Å². The first-order valence-corrected chi connectivity index (χ1v) is 8.87. The number of nitrogens with zero attached hydrogens (tertiary/aromatic N) is 1. The van der Waals surface area contributed by atoms with E-state index >= 15 is 0 Å². The molecule has 0 saturated carbocycles. The molecule has 0 spiro atoms. The van der Waals surface area contributed by atoms with Crippen LogP contribution in [-0.4, -0.2) is 22.4 Å². The lowest BCUT2D eigenvalue weighted by atomic mass is 9.87. The summed E-state index contributed by atoms with van der Waals surface area (Å²) in [7, 11) is 0. The standard InChI is InChI=1S/C19H20INO4/c1-11-5-6-15(20)9-16(11)18(22)17-12(2)7-14(8-13(17)3)19(4,23)10-21(24)25/h5-9,23H,10H2,1-4H3. The number of aliphatic hydroxyl groups is 1. The highest BCUT2D eigenvalue weighted by molar-refractivity contribution is 14.1. The second-order valence-electron chi connectivity index (χ2n) is 6.54. The normalized spacial score (nSPS) is 13.4. The number of ketones is 1. The Morgan fingerprint density at radius 2 is 1.72 bits per heavy atom. The minimum Gasteiger partial charge on any atom is -0.379 e. The van der Waals surface area contributed by atoms with E-state index in [1.807, 2.05) is 25.1 Å². The van der Waals surface area contributed by atoms with E-state index in [0.29, 0.717) is 27.8 Å². The van der Waals surface area contributed by atoms with Gasteiger partial charge in [-0.2, -0.15) is 0 Å². The summed E-state index contributed by atoms with van der Waals surface area (Å²) in [5.41, 5.74) is 2.36. The Hall–Kier alpha value is -1.80. The average Bonchev–Trinajstić information content (AvgIpc) is 2.47. The van der Waals surface area contributed by atoms with Gasteiger partial charge in [0.25, 0.3) is 0 Å². The number of aryl methyl sites for hydroxylation is 3. The first kappa shape index (κ1) is 19.5. The van der Waals surface area contributed by atoms with Crippen molar-refractivity contribution in [1.82, 2.24) is 0 Å². The highest BCUT2D eigenvalue weighted by atomic mass is 127. The Labute approximate surface area is 160 Å². The predicted octanol–water partition coefficient (Wildman–Crippen LogP) is 3.93. The number of hydrogen-bond acceptors (Lipinski definition) is 4. The van der Waals surface area contributed by atoms with E-state index in [1.54, 1.807) is 26.0 Å². The van der Waals surface area contributed by atoms with Crippen LogP contribution in [0.25, 0.3) is 0 Å². The molecule has 0 amide bonds. The van der Waals surface area contributed by atoms with Crippen molar-refractivity contribution in [2.24, 2.45) is 0 Å². The van der Waals surface area contributed by atoms with Crippen LogP contribution in [0.4, 0.5) is 0 Å². The number of carbonyl (C=O) groups excluding carboxylic acids is 1. The van der Waals surface area contributed by atoms with Crippen LogP contribution in [0, 0.1) is 34.5 Å². The monoisotopic (exact) mass is 453 g/mol. The van der Waals surface area contributed by atoms with Gasteiger partial charge in [0.1, 0.15) is 0 Å². The van der Waals surface area contributed by atoms with E-state index < -0.39 is 17.1 Å². The topological polar surface area (TPSA) is 80.4 Å². The van der Waals surface area contributed by atoms with E-state index in [-0.39, 0.29) is 5.78 Å². The Morgan fingerprint density at radius 1 is 1.16 bits per heavy atom. The average molecular weight is 453 g/mol. The van der Waals surface area contributed by atoms with Crippen molar-refractivity contribution < 1.29 is 14.8 Å². The molecule has 0 aliphatic heterocycles. The molecule has 0 radical (unpaired) electrons. The van der Waals surface area contributed by atoms with Crippen LogP contribution in [0.2, 0.25) is 0 Å². The van der Waals surface area contributed by atoms with Gasteiger partial charge >= 0.3 is 0 Å². The maximum atomic E-state index is 13.0. The molecule has 0 fully saturated rings. The highest BCUT2D eigenvalue weighted by Gasteiger charge is 2.31. The molecule has 0 aliphatic rings. The van der Waals surface area contributed by atoms with Gasteiger partial charge in [0.05, 0.1) is 0 Å². The lowest BCUT2D eigenvalue weighted by molar-refractivity contribution is -0.501. The molecule has 0 aliphatic carbocycles. The van der Waals surface area contributed by atoms with Crippen molar-refractivity contribution in [3.63, 3.8) is 0 Å².